The molecule has 2 saturated heterocycles. The molecule has 500 valence electrons. The Bertz CT molecular complexity index is 5080. The summed E-state index contributed by atoms with van der Waals surface area (Å²) in [4.78, 5) is 46.3. The first kappa shape index (κ1) is 71.1. The summed E-state index contributed by atoms with van der Waals surface area (Å²) in [5.74, 6) is 0.994. The monoisotopic (exact) mass is 1560 g/mol. The Labute approximate surface area is 609 Å². The van der Waals surface area contributed by atoms with E-state index in [1.807, 2.05) is 93.1 Å². The Kier molecular flexibility index (Phi) is 22.2. The molecular weight excluding hydrogens is 1490 g/mol. The summed E-state index contributed by atoms with van der Waals surface area (Å²) >= 11 is 6.74. The molecule has 5 aromatic carbocycles. The summed E-state index contributed by atoms with van der Waals surface area (Å²) in [6.07, 6.45) is 18.1. The number of pyridine rings is 3. The van der Waals surface area contributed by atoms with Crippen LogP contribution in [0.4, 0.5) is 5.82 Å². The molecular formula is C75H77BBr2ClIN16O2. The number of aromatic nitrogens is 12. The highest BCUT2D eigenvalue weighted by Gasteiger charge is 2.47. The Balaban J connectivity index is 0.000000132. The van der Waals surface area contributed by atoms with Gasteiger partial charge in [0, 0.05) is 73.1 Å². The SMILES string of the molecule is C.Cc1nc2[nH]ccc2nc1Br.Cc1nc2c(ccn2-c2cccc3ncccc23)nc1Br.Cc1nc2c(ccn2-c2cccc3ncccc23)nc1N1CCC2(CC1)Cc1ccccc1[C@H]2N.Cl.I.N[C@@H]1c2ccccc2CC12CCNCC2.OB(O)c1cccc2ncccc12. The predicted octanol–water partition coefficient (Wildman–Crippen LogP) is 14.4. The van der Waals surface area contributed by atoms with Crippen LogP contribution in [-0.4, -0.2) is 102 Å². The molecule has 18 rings (SSSR count). The second-order valence-corrected chi connectivity index (χ2v) is 26.5. The highest BCUT2D eigenvalue weighted by Crippen LogP contribution is 2.52. The van der Waals surface area contributed by atoms with Gasteiger partial charge in [0.2, 0.25) is 0 Å². The van der Waals surface area contributed by atoms with E-state index in [0.29, 0.717) is 10.9 Å². The molecule has 0 saturated carbocycles. The van der Waals surface area contributed by atoms with Crippen molar-refractivity contribution < 1.29 is 10.0 Å². The van der Waals surface area contributed by atoms with E-state index in [1.54, 1.807) is 30.6 Å². The van der Waals surface area contributed by atoms with Crippen molar-refractivity contribution in [1.82, 2.24) is 64.3 Å². The molecule has 0 unspecified atom stereocenters. The number of nitrogens with two attached hydrogens (primary N) is 2. The zero-order valence-corrected chi connectivity index (χ0v) is 60.1. The zero-order chi connectivity index (χ0) is 65.4. The third kappa shape index (κ3) is 14.1. The van der Waals surface area contributed by atoms with Crippen molar-refractivity contribution >= 4 is 153 Å². The fraction of sp³-hybridized carbons (Fsp3) is 0.240. The minimum absolute atomic E-state index is 0. The van der Waals surface area contributed by atoms with Crippen LogP contribution >= 0.6 is 68.2 Å². The average Bonchev–Trinajstić information content (AvgIpc) is 1.58. The van der Waals surface area contributed by atoms with Crippen LogP contribution in [0.2, 0.25) is 0 Å². The van der Waals surface area contributed by atoms with E-state index in [2.05, 4.69) is 183 Å². The smallest absolute Gasteiger partial charge is 0.423 e. The minimum atomic E-state index is -1.44. The summed E-state index contributed by atoms with van der Waals surface area (Å²) in [6, 6.07) is 53.0. The molecule has 8 N–H and O–H groups in total. The van der Waals surface area contributed by atoms with Crippen LogP contribution in [0, 0.1) is 31.6 Å². The highest BCUT2D eigenvalue weighted by atomic mass is 127. The molecule has 2 aliphatic carbocycles. The normalized spacial score (nSPS) is 16.1. The van der Waals surface area contributed by atoms with Gasteiger partial charge in [0.1, 0.15) is 25.8 Å². The molecule has 18 nitrogen and oxygen atoms in total. The van der Waals surface area contributed by atoms with Crippen LogP contribution in [0.1, 0.15) is 84.5 Å². The average molecular weight is 1570 g/mol. The minimum Gasteiger partial charge on any atom is -0.423 e. The summed E-state index contributed by atoms with van der Waals surface area (Å²) in [6.45, 7) is 10.1. The number of nitrogens with zero attached hydrogens (tertiary/aromatic N) is 12. The van der Waals surface area contributed by atoms with Gasteiger partial charge in [0.25, 0.3) is 0 Å². The van der Waals surface area contributed by atoms with Gasteiger partial charge in [-0.3, -0.25) is 24.1 Å². The van der Waals surface area contributed by atoms with E-state index in [0.717, 1.165) is 155 Å². The number of aryl methyl sites for hydroxylation is 3. The van der Waals surface area contributed by atoms with E-state index < -0.39 is 7.12 Å². The molecule has 4 aliphatic rings. The van der Waals surface area contributed by atoms with Crippen molar-refractivity contribution in [2.75, 3.05) is 31.1 Å². The molecule has 2 aliphatic heterocycles. The standard InChI is InChI=1S/C29H28N6.C16H11BrN4.C13H18N2.C9H8BNO2.C7H6BrN3.CH4.ClH.HI/c1-19-27(34-16-12-29(13-17-34)18-20-6-2-3-7-21(20)26(29)30)33-24-11-15-35(28(24)32-19)25-10-4-9-23-22(25)8-5-14-31-23;1-10-15(17)20-13-7-9-21(16(13)19-10)14-6-2-5-12-11(14)4-3-8-18-12;14-12-11-4-2-1-3-10(11)9-13(12)5-7-15-8-6-13;12-10(13)8-4-1-5-9-7(8)3-2-6-11-9;1-4-6(8)11-5-2-3-9-7(5)10-4;;;/h2-11,14-15,26H,12-13,16-18,30H2,1H3;2-9H,1H3;1-4,12,15H,5-9,14H2;1-6,12-13H;2-3H,1H3,(H,9,10);1H4;2*1H/t26-;;12-;;;;;/m1.1...../s1. The Morgan fingerprint density at radius 2 is 0.969 bits per heavy atom. The van der Waals surface area contributed by atoms with Crippen LogP contribution in [0.25, 0.3) is 77.6 Å². The molecule has 0 radical (unpaired) electrons. The van der Waals surface area contributed by atoms with Crippen molar-refractivity contribution in [2.45, 2.75) is 78.8 Å². The second kappa shape index (κ2) is 30.5. The van der Waals surface area contributed by atoms with Crippen molar-refractivity contribution in [2.24, 2.45) is 22.3 Å². The van der Waals surface area contributed by atoms with Crippen LogP contribution in [0.5, 0.6) is 0 Å². The van der Waals surface area contributed by atoms with Crippen LogP contribution in [0.15, 0.2) is 204 Å². The maximum Gasteiger partial charge on any atom is 0.489 e. The Morgan fingerprint density at radius 3 is 1.51 bits per heavy atom. The molecule has 2 fully saturated rings. The number of halogens is 4. The molecule has 11 heterocycles. The van der Waals surface area contributed by atoms with Crippen LogP contribution in [0.3, 0.4) is 0 Å². The number of H-pyrrole nitrogens is 1. The van der Waals surface area contributed by atoms with Gasteiger partial charge in [-0.2, -0.15) is 0 Å². The first-order valence-electron chi connectivity index (χ1n) is 32.1. The maximum atomic E-state index is 9.05. The fourth-order valence-corrected chi connectivity index (χ4v) is 14.8. The second-order valence-electron chi connectivity index (χ2n) is 25.0. The van der Waals surface area contributed by atoms with Crippen molar-refractivity contribution in [3.8, 4) is 11.4 Å². The number of benzene rings is 5. The zero-order valence-electron chi connectivity index (χ0n) is 53.8. The summed E-state index contributed by atoms with van der Waals surface area (Å²) in [7, 11) is -1.44. The van der Waals surface area contributed by atoms with Crippen molar-refractivity contribution in [3.63, 3.8) is 0 Å². The van der Waals surface area contributed by atoms with Crippen LogP contribution in [-0.2, 0) is 12.8 Å². The van der Waals surface area contributed by atoms with Crippen molar-refractivity contribution in [1.29, 1.82) is 0 Å². The van der Waals surface area contributed by atoms with Gasteiger partial charge in [0.05, 0.1) is 45.0 Å². The van der Waals surface area contributed by atoms with E-state index in [1.165, 1.54) is 41.5 Å². The lowest BCUT2D eigenvalue weighted by atomic mass is 9.73. The number of rotatable bonds is 4. The lowest BCUT2D eigenvalue weighted by molar-refractivity contribution is 0.174. The topological polar surface area (TPSA) is 249 Å². The number of fused-ring (bicyclic) bond motifs is 8. The number of hydrogen-bond donors (Lipinski definition) is 6. The third-order valence-corrected chi connectivity index (χ3v) is 20.9. The maximum absolute atomic E-state index is 9.05. The molecule has 23 heteroatoms. The Hall–Kier alpha value is -8.17. The summed E-state index contributed by atoms with van der Waals surface area (Å²) in [5.41, 5.74) is 32.7. The first-order valence-corrected chi connectivity index (χ1v) is 33.7. The number of anilines is 1. The lowest BCUT2D eigenvalue weighted by Crippen LogP contribution is -2.44. The molecule has 9 aromatic heterocycles. The lowest BCUT2D eigenvalue weighted by Gasteiger charge is -2.42. The van der Waals surface area contributed by atoms with E-state index in [9.17, 15) is 0 Å². The quantitative estimate of drug-likeness (QED) is 0.0708. The Morgan fingerprint density at radius 1 is 0.500 bits per heavy atom. The summed E-state index contributed by atoms with van der Waals surface area (Å²) < 4.78 is 5.78. The molecule has 14 aromatic rings. The van der Waals surface area contributed by atoms with Gasteiger partial charge in [-0.15, -0.1) is 36.4 Å². The molecule has 98 heavy (non-hydrogen) atoms. The van der Waals surface area contributed by atoms with Crippen LogP contribution < -0.4 is 27.1 Å². The van der Waals surface area contributed by atoms with E-state index >= 15 is 0 Å². The van der Waals surface area contributed by atoms with Gasteiger partial charge < -0.3 is 36.7 Å². The third-order valence-electron chi connectivity index (χ3n) is 19.4. The van der Waals surface area contributed by atoms with Gasteiger partial charge in [0.15, 0.2) is 22.8 Å². The van der Waals surface area contributed by atoms with Crippen molar-refractivity contribution in [3.05, 3.63) is 243 Å². The van der Waals surface area contributed by atoms with E-state index in [-0.39, 0.29) is 61.3 Å². The predicted molar refractivity (Wildman–Crippen MR) is 415 cm³/mol. The molecule has 0 amide bonds. The van der Waals surface area contributed by atoms with Gasteiger partial charge in [-0.05, 0) is 227 Å². The number of nitrogens with one attached hydrogen (secondary N) is 2. The fourth-order valence-electron chi connectivity index (χ4n) is 14.3. The summed E-state index contributed by atoms with van der Waals surface area (Å²) in [5, 5.41) is 24.5. The van der Waals surface area contributed by atoms with E-state index in [4.69, 9.17) is 31.5 Å². The highest BCUT2D eigenvalue weighted by molar-refractivity contribution is 14.0. The number of hydrogen-bond acceptors (Lipinski definition) is 15. The number of piperidine rings is 2. The first-order chi connectivity index (χ1) is 46.2. The van der Waals surface area contributed by atoms with Gasteiger partial charge in [-0.25, -0.2) is 29.9 Å². The largest absolute Gasteiger partial charge is 0.489 e. The van der Waals surface area contributed by atoms with Gasteiger partial charge in [-0.1, -0.05) is 86.3 Å². The molecule has 2 spiro atoms. The van der Waals surface area contributed by atoms with Gasteiger partial charge >= 0.3 is 7.12 Å². The number of aromatic amines is 1. The molecule has 0 bridgehead atoms. The molecule has 2 atom stereocenters.